The van der Waals surface area contributed by atoms with Crippen molar-refractivity contribution in [2.75, 3.05) is 0 Å². The summed E-state index contributed by atoms with van der Waals surface area (Å²) in [6.45, 7) is 8.29. The molecule has 116 valence electrons. The summed E-state index contributed by atoms with van der Waals surface area (Å²) in [6, 6.07) is 2.04. The highest BCUT2D eigenvalue weighted by atomic mass is 32.2. The van der Waals surface area contributed by atoms with E-state index >= 15 is 0 Å². The van der Waals surface area contributed by atoms with Gasteiger partial charge in [-0.15, -0.1) is 0 Å². The molecule has 0 aliphatic carbocycles. The molecule has 0 N–H and O–H groups in total. The van der Waals surface area contributed by atoms with Gasteiger partial charge in [-0.05, 0) is 49.9 Å². The normalized spacial score (nSPS) is 15.1. The number of aryl methyl sites for hydroxylation is 2. The lowest BCUT2D eigenvalue weighted by molar-refractivity contribution is 0.429. The van der Waals surface area contributed by atoms with Gasteiger partial charge in [0.05, 0.1) is 17.1 Å². The summed E-state index contributed by atoms with van der Waals surface area (Å²) in [7, 11) is -3.55. The van der Waals surface area contributed by atoms with Crippen molar-refractivity contribution in [2.45, 2.75) is 45.7 Å². The number of hydrogen-bond acceptors (Lipinski definition) is 4. The lowest BCUT2D eigenvalue weighted by Crippen LogP contribution is -2.27. The van der Waals surface area contributed by atoms with Crippen LogP contribution in [-0.2, 0) is 23.1 Å². The first-order valence-electron chi connectivity index (χ1n) is 7.17. The molecule has 0 saturated heterocycles. The highest BCUT2D eigenvalue weighted by Gasteiger charge is 2.34. The Kier molecular flexibility index (Phi) is 3.53. The van der Waals surface area contributed by atoms with Crippen molar-refractivity contribution in [3.63, 3.8) is 0 Å². The van der Waals surface area contributed by atoms with Gasteiger partial charge in [0.15, 0.2) is 0 Å². The van der Waals surface area contributed by atoms with Crippen LogP contribution in [0.25, 0.3) is 0 Å². The zero-order valence-electron chi connectivity index (χ0n) is 13.2. The third kappa shape index (κ3) is 2.23. The molecule has 2 heterocycles. The maximum atomic E-state index is 13.1. The zero-order valence-corrected chi connectivity index (χ0v) is 14.0. The van der Waals surface area contributed by atoms with Gasteiger partial charge in [0.1, 0.15) is 6.33 Å². The Morgan fingerprint density at radius 3 is 2.27 bits per heavy atom. The molecule has 5 nitrogen and oxygen atoms in total. The molecular weight excluding hydrogens is 298 g/mol. The molecule has 2 aromatic rings. The Hall–Kier alpha value is -1.79. The first-order valence-corrected chi connectivity index (χ1v) is 8.61. The van der Waals surface area contributed by atoms with Crippen molar-refractivity contribution < 1.29 is 8.42 Å². The number of benzene rings is 1. The molecule has 0 amide bonds. The summed E-state index contributed by atoms with van der Waals surface area (Å²) in [4.78, 5) is 8.59. The van der Waals surface area contributed by atoms with Gasteiger partial charge in [-0.3, -0.25) is 0 Å². The van der Waals surface area contributed by atoms with E-state index in [1.807, 2.05) is 33.8 Å². The molecule has 1 aliphatic heterocycles. The quantitative estimate of drug-likeness (QED) is 0.853. The van der Waals surface area contributed by atoms with Crippen molar-refractivity contribution in [1.82, 2.24) is 14.3 Å². The maximum Gasteiger partial charge on any atom is 0.244 e. The minimum Gasteiger partial charge on any atom is -0.244 e. The van der Waals surface area contributed by atoms with E-state index in [4.69, 9.17) is 0 Å². The van der Waals surface area contributed by atoms with Crippen LogP contribution < -0.4 is 0 Å². The van der Waals surface area contributed by atoms with E-state index in [2.05, 4.69) is 9.97 Å². The molecule has 0 bridgehead atoms. The Morgan fingerprint density at radius 1 is 1.05 bits per heavy atom. The van der Waals surface area contributed by atoms with E-state index in [-0.39, 0.29) is 0 Å². The molecule has 0 atom stereocenters. The zero-order chi connectivity index (χ0) is 16.1. The third-order valence-corrected chi connectivity index (χ3v) is 6.52. The van der Waals surface area contributed by atoms with Gasteiger partial charge in [0.25, 0.3) is 0 Å². The summed E-state index contributed by atoms with van der Waals surface area (Å²) in [5.41, 5.74) is 5.32. The van der Waals surface area contributed by atoms with Gasteiger partial charge >= 0.3 is 0 Å². The van der Waals surface area contributed by atoms with Gasteiger partial charge in [-0.25, -0.2) is 18.4 Å². The highest BCUT2D eigenvalue weighted by molar-refractivity contribution is 7.89. The average Bonchev–Trinajstić information content (AvgIpc) is 2.90. The first kappa shape index (κ1) is 15.1. The molecule has 6 heteroatoms. The molecule has 0 saturated carbocycles. The average molecular weight is 317 g/mol. The van der Waals surface area contributed by atoms with Crippen LogP contribution in [0.1, 0.15) is 33.5 Å². The molecule has 0 spiro atoms. The Bertz CT molecular complexity index is 809. The molecule has 22 heavy (non-hydrogen) atoms. The summed E-state index contributed by atoms with van der Waals surface area (Å²) >= 11 is 0. The molecule has 1 aliphatic rings. The van der Waals surface area contributed by atoms with Gasteiger partial charge in [0, 0.05) is 18.3 Å². The largest absolute Gasteiger partial charge is 0.244 e. The predicted molar refractivity (Wildman–Crippen MR) is 83.9 cm³/mol. The Morgan fingerprint density at radius 2 is 1.68 bits per heavy atom. The highest BCUT2D eigenvalue weighted by Crippen LogP contribution is 2.32. The first-order chi connectivity index (χ1) is 10.3. The van der Waals surface area contributed by atoms with Crippen LogP contribution in [0, 0.1) is 27.7 Å². The number of sulfonamides is 1. The van der Waals surface area contributed by atoms with Gasteiger partial charge in [-0.1, -0.05) is 6.07 Å². The van der Waals surface area contributed by atoms with Crippen molar-refractivity contribution in [2.24, 2.45) is 0 Å². The van der Waals surface area contributed by atoms with Crippen molar-refractivity contribution >= 4 is 10.0 Å². The number of nitrogens with zero attached hydrogens (tertiary/aromatic N) is 3. The van der Waals surface area contributed by atoms with E-state index in [0.717, 1.165) is 33.5 Å². The molecular formula is C16H19N3O2S. The predicted octanol–water partition coefficient (Wildman–Crippen LogP) is 2.41. The number of hydrogen-bond donors (Lipinski definition) is 0. The smallest absolute Gasteiger partial charge is 0.244 e. The summed E-state index contributed by atoms with van der Waals surface area (Å²) in [5.74, 6) is 0. The molecule has 1 aromatic heterocycles. The lowest BCUT2D eigenvalue weighted by atomic mass is 10.0. The van der Waals surface area contributed by atoms with Crippen LogP contribution in [-0.4, -0.2) is 22.7 Å². The standard InChI is InChI=1S/C16H19N3O2S/c1-10-5-11(2)13(4)16(12(10)3)22(20,21)19-7-14-6-17-9-18-15(14)8-19/h5-6,9H,7-8H2,1-4H3. The second-order valence-electron chi connectivity index (χ2n) is 5.86. The van der Waals surface area contributed by atoms with E-state index in [1.165, 1.54) is 10.6 Å². The van der Waals surface area contributed by atoms with E-state index in [9.17, 15) is 8.42 Å². The van der Waals surface area contributed by atoms with Gasteiger partial charge in [-0.2, -0.15) is 4.31 Å². The summed E-state index contributed by atoms with van der Waals surface area (Å²) < 4.78 is 27.7. The summed E-state index contributed by atoms with van der Waals surface area (Å²) in [5, 5.41) is 0. The monoisotopic (exact) mass is 317 g/mol. The SMILES string of the molecule is Cc1cc(C)c(C)c(S(=O)(=O)N2Cc3cncnc3C2)c1C. The van der Waals surface area contributed by atoms with Crippen molar-refractivity contribution in [3.05, 3.63) is 52.1 Å². The van der Waals surface area contributed by atoms with Crippen LogP contribution in [0.15, 0.2) is 23.5 Å². The molecule has 0 radical (unpaired) electrons. The van der Waals surface area contributed by atoms with Gasteiger partial charge in [0.2, 0.25) is 10.0 Å². The van der Waals surface area contributed by atoms with Crippen LogP contribution in [0.2, 0.25) is 0 Å². The van der Waals surface area contributed by atoms with E-state index in [1.54, 1.807) is 6.20 Å². The molecule has 3 rings (SSSR count). The van der Waals surface area contributed by atoms with E-state index < -0.39 is 10.0 Å². The second-order valence-corrected chi connectivity index (χ2v) is 7.73. The fourth-order valence-corrected chi connectivity index (χ4v) is 4.89. The fraction of sp³-hybridized carbons (Fsp3) is 0.375. The lowest BCUT2D eigenvalue weighted by Gasteiger charge is -2.21. The topological polar surface area (TPSA) is 63.2 Å². The van der Waals surface area contributed by atoms with Gasteiger partial charge < -0.3 is 0 Å². The minimum atomic E-state index is -3.55. The minimum absolute atomic E-state index is 0.312. The van der Waals surface area contributed by atoms with Crippen LogP contribution in [0.5, 0.6) is 0 Å². The second kappa shape index (κ2) is 5.14. The molecule has 1 aromatic carbocycles. The Balaban J connectivity index is 2.10. The molecule has 0 unspecified atom stereocenters. The van der Waals surface area contributed by atoms with Crippen LogP contribution >= 0.6 is 0 Å². The van der Waals surface area contributed by atoms with Crippen molar-refractivity contribution in [3.8, 4) is 0 Å². The maximum absolute atomic E-state index is 13.1. The van der Waals surface area contributed by atoms with Crippen molar-refractivity contribution in [1.29, 1.82) is 0 Å². The molecule has 0 fully saturated rings. The Labute approximate surface area is 131 Å². The number of fused-ring (bicyclic) bond motifs is 1. The van der Waals surface area contributed by atoms with Crippen LogP contribution in [0.4, 0.5) is 0 Å². The summed E-state index contributed by atoms with van der Waals surface area (Å²) in [6.07, 6.45) is 3.15. The third-order valence-electron chi connectivity index (χ3n) is 4.45. The fourth-order valence-electron chi connectivity index (χ4n) is 2.94. The number of rotatable bonds is 2. The van der Waals surface area contributed by atoms with E-state index in [0.29, 0.717) is 18.0 Å². The number of aromatic nitrogens is 2. The van der Waals surface area contributed by atoms with Crippen LogP contribution in [0.3, 0.4) is 0 Å².